The van der Waals surface area contributed by atoms with Gasteiger partial charge < -0.3 is 29.6 Å². The number of ether oxygens (including phenoxy) is 2. The lowest BCUT2D eigenvalue weighted by molar-refractivity contribution is -0.0660. The fraction of sp³-hybridized carbons (Fsp3) is 0.375. The second kappa shape index (κ2) is 13.1. The van der Waals surface area contributed by atoms with Gasteiger partial charge in [-0.15, -0.1) is 0 Å². The third-order valence-corrected chi connectivity index (χ3v) is 8.62. The second-order valence-corrected chi connectivity index (χ2v) is 11.5. The predicted octanol–water partition coefficient (Wildman–Crippen LogP) is 3.03. The molecule has 13 nitrogen and oxygen atoms in total. The molecule has 2 aromatic carbocycles. The molecule has 2 atom stereocenters. The molecule has 0 saturated carbocycles. The maximum absolute atomic E-state index is 15.1. The van der Waals surface area contributed by atoms with Gasteiger partial charge in [-0.1, -0.05) is 0 Å². The lowest BCUT2D eigenvalue weighted by Crippen LogP contribution is -2.56. The van der Waals surface area contributed by atoms with E-state index in [1.807, 2.05) is 12.1 Å². The van der Waals surface area contributed by atoms with Crippen molar-refractivity contribution in [2.45, 2.75) is 24.7 Å². The Morgan fingerprint density at radius 3 is 2.59 bits per heavy atom. The van der Waals surface area contributed by atoms with E-state index < -0.39 is 12.3 Å². The molecule has 0 bridgehead atoms. The molecule has 2 aromatic heterocycles. The zero-order chi connectivity index (χ0) is 31.5. The average molecular weight is 625 g/mol. The van der Waals surface area contributed by atoms with Crippen LogP contribution in [0.15, 0.2) is 61.2 Å². The molecular weight excluding hydrogens is 591 g/mol. The van der Waals surface area contributed by atoms with Crippen LogP contribution in [0.3, 0.4) is 0 Å². The van der Waals surface area contributed by atoms with Gasteiger partial charge in [-0.05, 0) is 42.5 Å². The summed E-state index contributed by atoms with van der Waals surface area (Å²) in [7, 11) is 0. The van der Waals surface area contributed by atoms with Gasteiger partial charge >= 0.3 is 0 Å². The van der Waals surface area contributed by atoms with Crippen LogP contribution < -0.4 is 15.0 Å². The summed E-state index contributed by atoms with van der Waals surface area (Å²) < 4.78 is 26.4. The van der Waals surface area contributed by atoms with E-state index in [1.54, 1.807) is 24.4 Å². The molecular formula is C32H33FN10O3. The number of piperidine rings is 1. The number of nitrogens with zero attached hydrogens (tertiary/aromatic N) is 8. The fourth-order valence-corrected chi connectivity index (χ4v) is 5.91. The van der Waals surface area contributed by atoms with Crippen LogP contribution in [0, 0.1) is 11.3 Å². The fourth-order valence-electron chi connectivity index (χ4n) is 5.91. The van der Waals surface area contributed by atoms with Gasteiger partial charge in [0.15, 0.2) is 17.8 Å². The van der Waals surface area contributed by atoms with Gasteiger partial charge in [0.25, 0.3) is 5.91 Å². The summed E-state index contributed by atoms with van der Waals surface area (Å²) in [4.78, 5) is 38.7. The number of nitrogens with one attached hydrogen (secondary N) is 2. The highest BCUT2D eigenvalue weighted by molar-refractivity contribution is 5.90. The Labute approximate surface area is 265 Å². The standard InChI is InChI=1S/C32H33FN10O3/c33-26-17-43(31(44)30-35-8-9-36-30)10-7-28(26)46-27-6-1-21(15-22(27)16-34)29-37-20-38-32(40-29)39-23-2-4-24(5-3-23)41-11-13-42(14-12-41)25-18-45-19-25/h1-6,8-9,15,20,25-26,28H,7,10-14,17-19H2,(H,35,36)(H,37,38,39,40)/t26-,28-/m0/s1. The molecule has 1 amide bonds. The predicted molar refractivity (Wildman–Crippen MR) is 167 cm³/mol. The van der Waals surface area contributed by atoms with Crippen molar-refractivity contribution in [3.8, 4) is 23.2 Å². The Morgan fingerprint density at radius 2 is 1.89 bits per heavy atom. The van der Waals surface area contributed by atoms with E-state index in [2.05, 4.69) is 58.2 Å². The zero-order valence-corrected chi connectivity index (χ0v) is 25.0. The number of H-pyrrole nitrogens is 1. The molecule has 3 saturated heterocycles. The molecule has 2 N–H and O–H groups in total. The summed E-state index contributed by atoms with van der Waals surface area (Å²) in [6.45, 7) is 5.91. The van der Waals surface area contributed by atoms with E-state index in [1.165, 1.54) is 23.1 Å². The Kier molecular flexibility index (Phi) is 8.41. The molecule has 0 unspecified atom stereocenters. The van der Waals surface area contributed by atoms with Crippen molar-refractivity contribution in [1.29, 1.82) is 5.26 Å². The normalized spacial score (nSPS) is 20.5. The third kappa shape index (κ3) is 6.33. The molecule has 4 aromatic rings. The molecule has 0 aliphatic carbocycles. The van der Waals surface area contributed by atoms with Gasteiger partial charge in [0.2, 0.25) is 5.95 Å². The SMILES string of the molecule is N#Cc1cc(-c2ncnc(Nc3ccc(N4CCN(C5COC5)CC4)cc3)n2)ccc1O[C@H]1CCN(C(=O)c2ncc[nH]2)C[C@@H]1F. The maximum atomic E-state index is 15.1. The number of nitriles is 1. The number of hydrogen-bond donors (Lipinski definition) is 2. The topological polar surface area (TPSA) is 148 Å². The summed E-state index contributed by atoms with van der Waals surface area (Å²) in [5, 5.41) is 13.1. The molecule has 3 fully saturated rings. The smallest absolute Gasteiger partial charge is 0.289 e. The molecule has 3 aliphatic heterocycles. The molecule has 236 valence electrons. The zero-order valence-electron chi connectivity index (χ0n) is 25.0. The quantitative estimate of drug-likeness (QED) is 0.298. The average Bonchev–Trinajstić information content (AvgIpc) is 3.61. The number of rotatable bonds is 8. The number of piperazine rings is 1. The number of carbonyl (C=O) groups excluding carboxylic acids is 1. The van der Waals surface area contributed by atoms with Crippen LogP contribution in [0.4, 0.5) is 21.7 Å². The van der Waals surface area contributed by atoms with Crippen molar-refractivity contribution in [1.82, 2.24) is 34.7 Å². The van der Waals surface area contributed by atoms with E-state index in [4.69, 9.17) is 9.47 Å². The summed E-state index contributed by atoms with van der Waals surface area (Å²) in [5.41, 5.74) is 2.83. The number of likely N-dealkylation sites (tertiary alicyclic amines) is 1. The molecule has 14 heteroatoms. The number of aromatic amines is 1. The molecule has 3 aliphatic rings. The number of aromatic nitrogens is 5. The number of amides is 1. The minimum atomic E-state index is -1.43. The van der Waals surface area contributed by atoms with Gasteiger partial charge in [-0.2, -0.15) is 10.2 Å². The molecule has 0 spiro atoms. The number of carbonyl (C=O) groups is 1. The van der Waals surface area contributed by atoms with Crippen LogP contribution in [0.1, 0.15) is 22.6 Å². The highest BCUT2D eigenvalue weighted by Gasteiger charge is 2.34. The Morgan fingerprint density at radius 1 is 1.07 bits per heavy atom. The summed E-state index contributed by atoms with van der Waals surface area (Å²) in [5.74, 6) is 0.809. The van der Waals surface area contributed by atoms with Crippen molar-refractivity contribution in [3.05, 3.63) is 72.6 Å². The first kappa shape index (κ1) is 29.6. The monoisotopic (exact) mass is 624 g/mol. The van der Waals surface area contributed by atoms with Gasteiger partial charge in [0.1, 0.15) is 24.3 Å². The number of benzene rings is 2. The van der Waals surface area contributed by atoms with Crippen LogP contribution in [0.5, 0.6) is 5.75 Å². The number of hydrogen-bond acceptors (Lipinski definition) is 11. The molecule has 7 rings (SSSR count). The van der Waals surface area contributed by atoms with Gasteiger partial charge in [-0.25, -0.2) is 19.3 Å². The summed E-state index contributed by atoms with van der Waals surface area (Å²) in [6.07, 6.45) is 2.48. The van der Waals surface area contributed by atoms with Crippen molar-refractivity contribution < 1.29 is 18.7 Å². The van der Waals surface area contributed by atoms with E-state index >= 15 is 4.39 Å². The first-order chi connectivity index (χ1) is 22.5. The van der Waals surface area contributed by atoms with Crippen molar-refractivity contribution in [3.63, 3.8) is 0 Å². The maximum Gasteiger partial charge on any atom is 0.289 e. The number of halogens is 1. The van der Waals surface area contributed by atoms with Gasteiger partial charge in [-0.3, -0.25) is 9.69 Å². The number of alkyl halides is 1. The first-order valence-corrected chi connectivity index (χ1v) is 15.3. The lowest BCUT2D eigenvalue weighted by Gasteiger charge is -2.43. The lowest BCUT2D eigenvalue weighted by atomic mass is 10.0. The largest absolute Gasteiger partial charge is 0.486 e. The minimum Gasteiger partial charge on any atom is -0.486 e. The Hall–Kier alpha value is -5.13. The summed E-state index contributed by atoms with van der Waals surface area (Å²) in [6, 6.07) is 15.8. The minimum absolute atomic E-state index is 0.124. The van der Waals surface area contributed by atoms with Crippen LogP contribution in [0.2, 0.25) is 0 Å². The van der Waals surface area contributed by atoms with E-state index in [-0.39, 0.29) is 36.0 Å². The van der Waals surface area contributed by atoms with Crippen molar-refractivity contribution in [2.75, 3.05) is 62.7 Å². The van der Waals surface area contributed by atoms with Crippen molar-refractivity contribution >= 4 is 23.2 Å². The van der Waals surface area contributed by atoms with E-state index in [9.17, 15) is 10.1 Å². The van der Waals surface area contributed by atoms with Gasteiger partial charge in [0, 0.05) is 68.5 Å². The van der Waals surface area contributed by atoms with Crippen LogP contribution in [0.25, 0.3) is 11.4 Å². The summed E-state index contributed by atoms with van der Waals surface area (Å²) >= 11 is 0. The van der Waals surface area contributed by atoms with Crippen molar-refractivity contribution in [2.24, 2.45) is 0 Å². The third-order valence-electron chi connectivity index (χ3n) is 8.62. The van der Waals surface area contributed by atoms with E-state index in [0.29, 0.717) is 29.9 Å². The highest BCUT2D eigenvalue weighted by atomic mass is 19.1. The highest BCUT2D eigenvalue weighted by Crippen LogP contribution is 2.29. The molecule has 5 heterocycles. The van der Waals surface area contributed by atoms with Gasteiger partial charge in [0.05, 0.1) is 31.4 Å². The number of imidazole rings is 1. The number of anilines is 3. The Balaban J connectivity index is 0.968. The Bertz CT molecular complexity index is 1700. The second-order valence-electron chi connectivity index (χ2n) is 11.5. The van der Waals surface area contributed by atoms with Crippen LogP contribution in [-0.2, 0) is 4.74 Å². The molecule has 0 radical (unpaired) electrons. The molecule has 46 heavy (non-hydrogen) atoms. The first-order valence-electron chi connectivity index (χ1n) is 15.3. The van der Waals surface area contributed by atoms with E-state index in [0.717, 1.165) is 45.1 Å². The van der Waals surface area contributed by atoms with Crippen LogP contribution >= 0.6 is 0 Å². The van der Waals surface area contributed by atoms with Crippen LogP contribution in [-0.4, -0.2) is 111 Å².